The number of anilines is 1. The number of aromatic nitrogens is 1. The Hall–Kier alpha value is -1.65. The molecule has 1 rings (SSSR count). The van der Waals surface area contributed by atoms with Crippen LogP contribution in [0.25, 0.3) is 0 Å². The Bertz CT molecular complexity index is 603. The van der Waals surface area contributed by atoms with Crippen molar-refractivity contribution in [1.82, 2.24) is 9.29 Å². The van der Waals surface area contributed by atoms with Gasteiger partial charge in [-0.1, -0.05) is 0 Å². The van der Waals surface area contributed by atoms with Crippen LogP contribution in [0.3, 0.4) is 0 Å². The number of aryl methyl sites for hydroxylation is 2. The largest absolute Gasteiger partial charge is 0.383 e. The van der Waals surface area contributed by atoms with Gasteiger partial charge in [0.25, 0.3) is 0 Å². The summed E-state index contributed by atoms with van der Waals surface area (Å²) in [6, 6.07) is 3.82. The van der Waals surface area contributed by atoms with Crippen molar-refractivity contribution in [2.45, 2.75) is 13.8 Å². The van der Waals surface area contributed by atoms with Crippen molar-refractivity contribution in [2.75, 3.05) is 31.7 Å². The van der Waals surface area contributed by atoms with E-state index < -0.39 is 10.0 Å². The van der Waals surface area contributed by atoms with Gasteiger partial charge in [0, 0.05) is 26.3 Å². The second-order valence-electron chi connectivity index (χ2n) is 4.41. The molecule has 0 bridgehead atoms. The summed E-state index contributed by atoms with van der Waals surface area (Å²) in [6.45, 7) is 3.83. The van der Waals surface area contributed by atoms with Crippen LogP contribution in [-0.2, 0) is 10.0 Å². The first-order valence-corrected chi connectivity index (χ1v) is 7.41. The zero-order valence-corrected chi connectivity index (χ0v) is 12.4. The summed E-state index contributed by atoms with van der Waals surface area (Å²) in [5.41, 5.74) is 2.50. The summed E-state index contributed by atoms with van der Waals surface area (Å²) < 4.78 is 24.4. The van der Waals surface area contributed by atoms with E-state index in [-0.39, 0.29) is 12.3 Å². The molecule has 0 saturated heterocycles. The van der Waals surface area contributed by atoms with Gasteiger partial charge in [-0.3, -0.25) is 4.98 Å². The molecule has 0 spiro atoms. The van der Waals surface area contributed by atoms with Gasteiger partial charge in [0.1, 0.15) is 6.07 Å². The second kappa shape index (κ2) is 5.99. The summed E-state index contributed by atoms with van der Waals surface area (Å²) >= 11 is 0. The van der Waals surface area contributed by atoms with Gasteiger partial charge in [0.05, 0.1) is 22.7 Å². The van der Waals surface area contributed by atoms with Crippen LogP contribution in [0.4, 0.5) is 5.69 Å². The van der Waals surface area contributed by atoms with E-state index in [1.807, 2.05) is 6.92 Å². The minimum Gasteiger partial charge on any atom is -0.383 e. The quantitative estimate of drug-likeness (QED) is 0.866. The van der Waals surface area contributed by atoms with Crippen LogP contribution < -0.4 is 5.32 Å². The molecule has 0 fully saturated rings. The average molecular weight is 282 g/mol. The molecule has 0 amide bonds. The van der Waals surface area contributed by atoms with Gasteiger partial charge >= 0.3 is 0 Å². The molecule has 6 nitrogen and oxygen atoms in total. The van der Waals surface area contributed by atoms with Crippen molar-refractivity contribution in [3.63, 3.8) is 0 Å². The fraction of sp³-hybridized carbons (Fsp3) is 0.500. The van der Waals surface area contributed by atoms with E-state index in [4.69, 9.17) is 5.26 Å². The maximum atomic E-state index is 11.6. The monoisotopic (exact) mass is 282 g/mol. The number of hydrogen-bond donors (Lipinski definition) is 1. The Morgan fingerprint density at radius 3 is 2.58 bits per heavy atom. The highest BCUT2D eigenvalue weighted by atomic mass is 32.2. The van der Waals surface area contributed by atoms with Gasteiger partial charge < -0.3 is 5.32 Å². The van der Waals surface area contributed by atoms with Crippen molar-refractivity contribution in [1.29, 1.82) is 5.26 Å². The number of nitrogens with one attached hydrogen (secondary N) is 1. The zero-order chi connectivity index (χ0) is 14.6. The van der Waals surface area contributed by atoms with E-state index >= 15 is 0 Å². The first-order chi connectivity index (χ1) is 8.77. The van der Waals surface area contributed by atoms with Gasteiger partial charge in [0.15, 0.2) is 0 Å². The van der Waals surface area contributed by atoms with Gasteiger partial charge in [-0.2, -0.15) is 5.26 Å². The lowest BCUT2D eigenvalue weighted by molar-refractivity contribution is 0.521. The molecule has 0 aliphatic rings. The fourth-order valence-electron chi connectivity index (χ4n) is 1.61. The first kappa shape index (κ1) is 15.4. The van der Waals surface area contributed by atoms with E-state index in [0.29, 0.717) is 16.9 Å². The Kier molecular flexibility index (Phi) is 4.86. The third kappa shape index (κ3) is 3.91. The van der Waals surface area contributed by atoms with Gasteiger partial charge in [-0.25, -0.2) is 12.7 Å². The minimum absolute atomic E-state index is 0.0225. The molecule has 19 heavy (non-hydrogen) atoms. The molecule has 1 heterocycles. The van der Waals surface area contributed by atoms with Crippen LogP contribution in [0.2, 0.25) is 0 Å². The van der Waals surface area contributed by atoms with Gasteiger partial charge in [-0.05, 0) is 19.9 Å². The topological polar surface area (TPSA) is 86.1 Å². The number of hydrogen-bond acceptors (Lipinski definition) is 5. The highest BCUT2D eigenvalue weighted by Gasteiger charge is 2.14. The lowest BCUT2D eigenvalue weighted by Gasteiger charge is -2.13. The van der Waals surface area contributed by atoms with Gasteiger partial charge in [0.2, 0.25) is 10.0 Å². The summed E-state index contributed by atoms with van der Waals surface area (Å²) in [6.07, 6.45) is 0. The number of nitriles is 1. The Balaban J connectivity index is 2.83. The molecule has 0 radical (unpaired) electrons. The van der Waals surface area contributed by atoms with Crippen molar-refractivity contribution >= 4 is 15.7 Å². The minimum atomic E-state index is -3.24. The lowest BCUT2D eigenvalue weighted by Crippen LogP contribution is -2.28. The Morgan fingerprint density at radius 1 is 1.42 bits per heavy atom. The molecular formula is C12H18N4O2S. The second-order valence-corrected chi connectivity index (χ2v) is 6.71. The van der Waals surface area contributed by atoms with Crippen LogP contribution in [-0.4, -0.2) is 44.1 Å². The molecule has 1 aromatic rings. The molecule has 7 heteroatoms. The van der Waals surface area contributed by atoms with Crippen molar-refractivity contribution in [3.05, 3.63) is 23.0 Å². The molecule has 0 saturated carbocycles. The Labute approximate surface area is 114 Å². The molecule has 0 unspecified atom stereocenters. The summed E-state index contributed by atoms with van der Waals surface area (Å²) in [7, 11) is -0.242. The third-order valence-electron chi connectivity index (χ3n) is 2.67. The highest BCUT2D eigenvalue weighted by Crippen LogP contribution is 2.18. The number of pyridine rings is 1. The smallest absolute Gasteiger partial charge is 0.215 e. The molecule has 0 aliphatic carbocycles. The van der Waals surface area contributed by atoms with Crippen LogP contribution in [0.5, 0.6) is 0 Å². The van der Waals surface area contributed by atoms with E-state index in [1.54, 1.807) is 13.0 Å². The van der Waals surface area contributed by atoms with E-state index in [2.05, 4.69) is 16.4 Å². The molecule has 104 valence electrons. The maximum Gasteiger partial charge on any atom is 0.215 e. The number of nitrogens with zero attached hydrogens (tertiary/aromatic N) is 3. The Morgan fingerprint density at radius 2 is 2.05 bits per heavy atom. The van der Waals surface area contributed by atoms with Crippen LogP contribution in [0.15, 0.2) is 6.07 Å². The third-order valence-corrected chi connectivity index (χ3v) is 4.50. The van der Waals surface area contributed by atoms with Crippen LogP contribution in [0, 0.1) is 25.2 Å². The molecule has 0 aliphatic heterocycles. The predicted molar refractivity (Wildman–Crippen MR) is 74.4 cm³/mol. The van der Waals surface area contributed by atoms with E-state index in [9.17, 15) is 8.42 Å². The average Bonchev–Trinajstić information content (AvgIpc) is 2.27. The van der Waals surface area contributed by atoms with Crippen LogP contribution >= 0.6 is 0 Å². The SMILES string of the molecule is Cc1cc(NCCS(=O)(=O)N(C)C)c(C#N)c(C)n1. The highest BCUT2D eigenvalue weighted by molar-refractivity contribution is 7.89. The summed E-state index contributed by atoms with van der Waals surface area (Å²) in [5, 5.41) is 12.1. The molecule has 1 aromatic heterocycles. The molecule has 0 atom stereocenters. The van der Waals surface area contributed by atoms with Crippen molar-refractivity contribution in [3.8, 4) is 6.07 Å². The number of sulfonamides is 1. The normalized spacial score (nSPS) is 11.4. The van der Waals surface area contributed by atoms with Crippen molar-refractivity contribution < 1.29 is 8.42 Å². The maximum absolute atomic E-state index is 11.6. The van der Waals surface area contributed by atoms with E-state index in [0.717, 1.165) is 5.69 Å². The molecule has 0 aromatic carbocycles. The van der Waals surface area contributed by atoms with E-state index in [1.165, 1.54) is 18.4 Å². The summed E-state index contributed by atoms with van der Waals surface area (Å²) in [5.74, 6) is -0.0225. The van der Waals surface area contributed by atoms with Gasteiger partial charge in [-0.15, -0.1) is 0 Å². The lowest BCUT2D eigenvalue weighted by atomic mass is 10.1. The number of rotatable bonds is 5. The van der Waals surface area contributed by atoms with Crippen LogP contribution in [0.1, 0.15) is 17.0 Å². The predicted octanol–water partition coefficient (Wildman–Crippen LogP) is 0.873. The molecule has 1 N–H and O–H groups in total. The fourth-order valence-corrected chi connectivity index (χ4v) is 2.33. The zero-order valence-electron chi connectivity index (χ0n) is 11.6. The standard InChI is InChI=1S/C12H18N4O2S/c1-9-7-12(11(8-13)10(2)15-9)14-5-6-19(17,18)16(3)4/h7H,5-6H2,1-4H3,(H,14,15). The van der Waals surface area contributed by atoms with Crippen molar-refractivity contribution in [2.24, 2.45) is 0 Å². The first-order valence-electron chi connectivity index (χ1n) is 5.80. The summed E-state index contributed by atoms with van der Waals surface area (Å²) in [4.78, 5) is 4.20. The molecular weight excluding hydrogens is 264 g/mol.